The van der Waals surface area contributed by atoms with Crippen LogP contribution in [0.2, 0.25) is 0 Å². The fraction of sp³-hybridized carbons (Fsp3) is 0.111. The summed E-state index contributed by atoms with van der Waals surface area (Å²) in [6, 6.07) is 18.2. The highest BCUT2D eigenvalue weighted by atomic mass is 79.9. The first kappa shape index (κ1) is 22.0. The van der Waals surface area contributed by atoms with E-state index in [-0.39, 0.29) is 22.8 Å². The van der Waals surface area contributed by atoms with Crippen LogP contribution in [0, 0.1) is 13.8 Å². The third-order valence-electron chi connectivity index (χ3n) is 5.90. The Kier molecular flexibility index (Phi) is 5.29. The molecule has 1 aliphatic rings. The number of rotatable bonds is 4. The van der Waals surface area contributed by atoms with Gasteiger partial charge >= 0.3 is 0 Å². The number of nitrogens with zero attached hydrogens (tertiary/aromatic N) is 1. The van der Waals surface area contributed by atoms with E-state index in [2.05, 4.69) is 15.9 Å². The van der Waals surface area contributed by atoms with Crippen LogP contribution in [-0.2, 0) is 4.79 Å². The van der Waals surface area contributed by atoms with Gasteiger partial charge in [-0.1, -0.05) is 51.8 Å². The van der Waals surface area contributed by atoms with E-state index in [4.69, 9.17) is 4.42 Å². The van der Waals surface area contributed by atoms with Crippen LogP contribution in [0.5, 0.6) is 5.75 Å². The van der Waals surface area contributed by atoms with E-state index in [1.165, 1.54) is 11.0 Å². The number of phenolic OH excluding ortho intramolecular Hbond substituents is 1. The lowest BCUT2D eigenvalue weighted by atomic mass is 9.93. The fourth-order valence-corrected chi connectivity index (χ4v) is 4.71. The van der Waals surface area contributed by atoms with Crippen LogP contribution in [0.25, 0.3) is 11.0 Å². The molecule has 3 aromatic carbocycles. The molecule has 5 rings (SSSR count). The van der Waals surface area contributed by atoms with Crippen molar-refractivity contribution in [2.45, 2.75) is 19.9 Å². The van der Waals surface area contributed by atoms with Crippen LogP contribution in [0.3, 0.4) is 0 Å². The van der Waals surface area contributed by atoms with Crippen molar-refractivity contribution in [3.63, 3.8) is 0 Å². The van der Waals surface area contributed by atoms with Crippen LogP contribution in [0.1, 0.15) is 33.3 Å². The summed E-state index contributed by atoms with van der Waals surface area (Å²) in [6.07, 6.45) is 0. The molecule has 0 fully saturated rings. The van der Waals surface area contributed by atoms with Gasteiger partial charge in [0.05, 0.1) is 17.3 Å². The molecule has 0 spiro atoms. The Morgan fingerprint density at radius 2 is 1.74 bits per heavy atom. The molecule has 2 N–H and O–H groups in total. The number of benzene rings is 3. The second-order valence-electron chi connectivity index (χ2n) is 8.37. The minimum absolute atomic E-state index is 0.00965. The predicted octanol–water partition coefficient (Wildman–Crippen LogP) is 6.30. The van der Waals surface area contributed by atoms with Gasteiger partial charge in [-0.25, -0.2) is 0 Å². The number of aromatic hydroxyl groups is 1. The maximum absolute atomic E-state index is 13.7. The highest BCUT2D eigenvalue weighted by molar-refractivity contribution is 9.10. The maximum Gasteiger partial charge on any atom is 0.294 e. The third kappa shape index (κ3) is 3.58. The summed E-state index contributed by atoms with van der Waals surface area (Å²) in [7, 11) is 0. The standard InChI is InChI=1S/C27H20BrNO5/c1-14-4-3-5-16(10-14)24-23(25(31)22-13-17-12-18(28)7-9-21(17)34-22)26(32)27(33)29(24)19-11-15(2)6-8-20(19)30/h3-13,24,30,32H,1-2H3. The van der Waals surface area contributed by atoms with Gasteiger partial charge in [0, 0.05) is 9.86 Å². The summed E-state index contributed by atoms with van der Waals surface area (Å²) in [5, 5.41) is 22.2. The molecule has 1 atom stereocenters. The zero-order valence-electron chi connectivity index (χ0n) is 18.4. The average Bonchev–Trinajstić information content (AvgIpc) is 3.34. The van der Waals surface area contributed by atoms with Crippen molar-refractivity contribution in [2.75, 3.05) is 4.90 Å². The Bertz CT molecular complexity index is 1520. The number of Topliss-reactive ketones (excluding diaryl/α,β-unsaturated/α-hetero) is 1. The van der Waals surface area contributed by atoms with E-state index in [1.54, 1.807) is 36.4 Å². The molecular formula is C27H20BrNO5. The smallest absolute Gasteiger partial charge is 0.294 e. The van der Waals surface area contributed by atoms with E-state index in [0.29, 0.717) is 16.5 Å². The number of fused-ring (bicyclic) bond motifs is 1. The number of amides is 1. The van der Waals surface area contributed by atoms with Crippen LogP contribution in [-0.4, -0.2) is 21.9 Å². The van der Waals surface area contributed by atoms with Gasteiger partial charge in [-0.05, 0) is 61.4 Å². The van der Waals surface area contributed by atoms with Crippen LogP contribution >= 0.6 is 15.9 Å². The molecule has 0 radical (unpaired) electrons. The van der Waals surface area contributed by atoms with Crippen molar-refractivity contribution in [3.8, 4) is 5.75 Å². The van der Waals surface area contributed by atoms with Crippen LogP contribution in [0.4, 0.5) is 5.69 Å². The number of ketones is 1. The Morgan fingerprint density at radius 3 is 2.50 bits per heavy atom. The molecule has 170 valence electrons. The van der Waals surface area contributed by atoms with E-state index < -0.39 is 23.5 Å². The second kappa shape index (κ2) is 8.18. The molecule has 0 saturated heterocycles. The molecule has 0 bridgehead atoms. The second-order valence-corrected chi connectivity index (χ2v) is 9.28. The van der Waals surface area contributed by atoms with E-state index in [1.807, 2.05) is 38.1 Å². The molecular weight excluding hydrogens is 498 g/mol. The number of anilines is 1. The molecule has 1 aromatic heterocycles. The predicted molar refractivity (Wildman–Crippen MR) is 132 cm³/mol. The lowest BCUT2D eigenvalue weighted by Gasteiger charge is -2.27. The van der Waals surface area contributed by atoms with Gasteiger partial charge in [-0.15, -0.1) is 0 Å². The van der Waals surface area contributed by atoms with Gasteiger partial charge in [0.1, 0.15) is 11.3 Å². The van der Waals surface area contributed by atoms with Gasteiger partial charge in [-0.3, -0.25) is 14.5 Å². The first-order valence-electron chi connectivity index (χ1n) is 10.6. The summed E-state index contributed by atoms with van der Waals surface area (Å²) in [6.45, 7) is 3.73. The van der Waals surface area contributed by atoms with Gasteiger partial charge in [-0.2, -0.15) is 0 Å². The van der Waals surface area contributed by atoms with Gasteiger partial charge in [0.2, 0.25) is 5.78 Å². The molecule has 0 saturated carbocycles. The number of carbonyl (C=O) groups is 2. The van der Waals surface area contributed by atoms with Crippen molar-refractivity contribution in [2.24, 2.45) is 0 Å². The van der Waals surface area contributed by atoms with Crippen LogP contribution in [0.15, 0.2) is 87.0 Å². The van der Waals surface area contributed by atoms with E-state index in [0.717, 1.165) is 15.6 Å². The lowest BCUT2D eigenvalue weighted by molar-refractivity contribution is -0.117. The zero-order valence-corrected chi connectivity index (χ0v) is 20.0. The van der Waals surface area contributed by atoms with Gasteiger partial charge in [0.15, 0.2) is 11.5 Å². The molecule has 7 heteroatoms. The number of furan rings is 1. The number of aryl methyl sites for hydroxylation is 2. The number of hydrogen-bond acceptors (Lipinski definition) is 5. The fourth-order valence-electron chi connectivity index (χ4n) is 4.33. The number of carbonyl (C=O) groups excluding carboxylic acids is 2. The van der Waals surface area contributed by atoms with Gasteiger partial charge in [0.25, 0.3) is 5.91 Å². The Balaban J connectivity index is 1.69. The van der Waals surface area contributed by atoms with Crippen molar-refractivity contribution in [3.05, 3.63) is 105 Å². The molecule has 2 heterocycles. The SMILES string of the molecule is Cc1cccc(C2C(C(=O)c3cc4cc(Br)ccc4o3)=C(O)C(=O)N2c2cc(C)ccc2O)c1. The van der Waals surface area contributed by atoms with Crippen molar-refractivity contribution in [1.82, 2.24) is 0 Å². The Labute approximate surface area is 203 Å². The highest BCUT2D eigenvalue weighted by Crippen LogP contribution is 2.45. The molecule has 1 amide bonds. The molecule has 4 aromatic rings. The number of phenols is 1. The molecule has 1 unspecified atom stereocenters. The molecule has 1 aliphatic heterocycles. The summed E-state index contributed by atoms with van der Waals surface area (Å²) in [5.74, 6) is -2.16. The van der Waals surface area contributed by atoms with Crippen molar-refractivity contribution < 1.29 is 24.2 Å². The minimum Gasteiger partial charge on any atom is -0.506 e. The lowest BCUT2D eigenvalue weighted by Crippen LogP contribution is -2.31. The number of aliphatic hydroxyl groups is 1. The quantitative estimate of drug-likeness (QED) is 0.310. The highest BCUT2D eigenvalue weighted by Gasteiger charge is 2.46. The van der Waals surface area contributed by atoms with E-state index in [9.17, 15) is 19.8 Å². The maximum atomic E-state index is 13.7. The first-order chi connectivity index (χ1) is 16.2. The topological polar surface area (TPSA) is 91.0 Å². The average molecular weight is 518 g/mol. The van der Waals surface area contributed by atoms with Crippen molar-refractivity contribution in [1.29, 1.82) is 0 Å². The summed E-state index contributed by atoms with van der Waals surface area (Å²) < 4.78 is 6.61. The normalized spacial score (nSPS) is 16.0. The number of halogens is 1. The molecule has 34 heavy (non-hydrogen) atoms. The zero-order chi connectivity index (χ0) is 24.1. The number of aliphatic hydroxyl groups excluding tert-OH is 1. The third-order valence-corrected chi connectivity index (χ3v) is 6.40. The first-order valence-corrected chi connectivity index (χ1v) is 11.4. The summed E-state index contributed by atoms with van der Waals surface area (Å²) in [4.78, 5) is 28.3. The molecule has 0 aliphatic carbocycles. The molecule has 6 nitrogen and oxygen atoms in total. The van der Waals surface area contributed by atoms with Crippen LogP contribution < -0.4 is 4.90 Å². The number of hydrogen-bond donors (Lipinski definition) is 2. The summed E-state index contributed by atoms with van der Waals surface area (Å²) >= 11 is 3.40. The monoisotopic (exact) mass is 517 g/mol. The van der Waals surface area contributed by atoms with Crippen molar-refractivity contribution >= 4 is 44.3 Å². The Hall–Kier alpha value is -3.84. The largest absolute Gasteiger partial charge is 0.506 e. The van der Waals surface area contributed by atoms with Gasteiger partial charge < -0.3 is 14.6 Å². The summed E-state index contributed by atoms with van der Waals surface area (Å²) in [5.41, 5.74) is 2.97. The van der Waals surface area contributed by atoms with E-state index >= 15 is 0 Å². The Morgan fingerprint density at radius 1 is 0.971 bits per heavy atom. The minimum atomic E-state index is -0.951.